The highest BCUT2D eigenvalue weighted by Crippen LogP contribution is 2.40. The monoisotopic (exact) mass is 424 g/mol. The largest absolute Gasteiger partial charge is 0.466 e. The lowest BCUT2D eigenvalue weighted by Crippen LogP contribution is -2.41. The SMILES string of the molecule is CCOC(=O)C[C@](N)([Si])c1cc(-c2c(C)cc(C)cc2C)cc(C(F)(F)F)c1F. The second kappa shape index (κ2) is 8.28. The number of hydrogen-bond acceptors (Lipinski definition) is 3. The molecule has 0 fully saturated rings. The minimum absolute atomic E-state index is 0.0687. The van der Waals surface area contributed by atoms with E-state index in [1.54, 1.807) is 20.8 Å². The summed E-state index contributed by atoms with van der Waals surface area (Å²) in [6.45, 7) is 7.07. The van der Waals surface area contributed by atoms with Gasteiger partial charge in [-0.2, -0.15) is 13.2 Å². The van der Waals surface area contributed by atoms with Gasteiger partial charge in [-0.3, -0.25) is 4.79 Å². The quantitative estimate of drug-likeness (QED) is 0.431. The lowest BCUT2D eigenvalue weighted by Gasteiger charge is -2.27. The van der Waals surface area contributed by atoms with E-state index in [1.807, 2.05) is 19.1 Å². The summed E-state index contributed by atoms with van der Waals surface area (Å²) < 4.78 is 60.4. The van der Waals surface area contributed by atoms with E-state index in [0.29, 0.717) is 5.56 Å². The van der Waals surface area contributed by atoms with Gasteiger partial charge >= 0.3 is 12.1 Å². The Labute approximate surface area is 170 Å². The van der Waals surface area contributed by atoms with Gasteiger partial charge in [-0.1, -0.05) is 17.7 Å². The molecule has 1 atom stereocenters. The van der Waals surface area contributed by atoms with Crippen LogP contribution in [-0.2, 0) is 20.9 Å². The van der Waals surface area contributed by atoms with E-state index in [1.165, 1.54) is 6.07 Å². The first-order valence-corrected chi connectivity index (χ1v) is 9.47. The Morgan fingerprint density at radius 1 is 1.07 bits per heavy atom. The maximum Gasteiger partial charge on any atom is 0.419 e. The van der Waals surface area contributed by atoms with Crippen molar-refractivity contribution in [3.05, 3.63) is 57.9 Å². The normalized spacial score (nSPS) is 13.9. The molecule has 2 N–H and O–H groups in total. The molecule has 3 radical (unpaired) electrons. The van der Waals surface area contributed by atoms with E-state index in [4.69, 9.17) is 10.5 Å². The minimum Gasteiger partial charge on any atom is -0.466 e. The Kier molecular flexibility index (Phi) is 6.59. The minimum atomic E-state index is -4.94. The fourth-order valence-electron chi connectivity index (χ4n) is 3.47. The van der Waals surface area contributed by atoms with Gasteiger partial charge < -0.3 is 10.5 Å². The van der Waals surface area contributed by atoms with Crippen molar-refractivity contribution >= 4 is 16.2 Å². The van der Waals surface area contributed by atoms with Gasteiger partial charge in [0.2, 0.25) is 0 Å². The van der Waals surface area contributed by atoms with Crippen LogP contribution in [0.25, 0.3) is 11.1 Å². The van der Waals surface area contributed by atoms with Crippen LogP contribution >= 0.6 is 0 Å². The third-order valence-corrected chi connectivity index (χ3v) is 5.00. The second-order valence-electron chi connectivity index (χ2n) is 7.11. The number of nitrogens with two attached hydrogens (primary N) is 1. The molecule has 0 saturated heterocycles. The molecule has 0 aliphatic rings. The van der Waals surface area contributed by atoms with Crippen molar-refractivity contribution in [2.45, 2.75) is 45.5 Å². The first-order valence-electron chi connectivity index (χ1n) is 8.97. The summed E-state index contributed by atoms with van der Waals surface area (Å²) in [6, 6.07) is 5.69. The molecular weight excluding hydrogens is 402 g/mol. The zero-order chi connectivity index (χ0) is 22.1. The third-order valence-electron chi connectivity index (χ3n) is 4.55. The summed E-state index contributed by atoms with van der Waals surface area (Å²) in [7, 11) is 3.10. The molecule has 0 amide bonds. The molecule has 0 saturated carbocycles. The zero-order valence-corrected chi connectivity index (χ0v) is 17.6. The Morgan fingerprint density at radius 3 is 2.07 bits per heavy atom. The van der Waals surface area contributed by atoms with Crippen molar-refractivity contribution in [3.63, 3.8) is 0 Å². The Hall–Kier alpha value is -2.19. The second-order valence-corrected chi connectivity index (χ2v) is 8.00. The molecule has 2 aromatic carbocycles. The van der Waals surface area contributed by atoms with Crippen LogP contribution in [0.5, 0.6) is 0 Å². The van der Waals surface area contributed by atoms with Crippen molar-refractivity contribution in [3.8, 4) is 11.1 Å². The number of aryl methyl sites for hydroxylation is 3. The number of esters is 1. The average molecular weight is 424 g/mol. The van der Waals surface area contributed by atoms with Crippen molar-refractivity contribution < 1.29 is 27.1 Å². The van der Waals surface area contributed by atoms with Crippen LogP contribution in [0, 0.1) is 26.6 Å². The molecule has 0 aliphatic heterocycles. The summed E-state index contributed by atoms with van der Waals surface area (Å²) in [5.74, 6) is -2.28. The highest BCUT2D eigenvalue weighted by atomic mass is 28.1. The summed E-state index contributed by atoms with van der Waals surface area (Å²) in [5, 5.41) is -1.88. The van der Waals surface area contributed by atoms with Crippen LogP contribution in [0.3, 0.4) is 0 Å². The molecule has 3 nitrogen and oxygen atoms in total. The van der Waals surface area contributed by atoms with Crippen molar-refractivity contribution in [1.29, 1.82) is 0 Å². The zero-order valence-electron chi connectivity index (χ0n) is 16.6. The van der Waals surface area contributed by atoms with Crippen molar-refractivity contribution in [2.75, 3.05) is 6.61 Å². The predicted molar refractivity (Wildman–Crippen MR) is 104 cm³/mol. The van der Waals surface area contributed by atoms with Crippen LogP contribution in [-0.4, -0.2) is 22.8 Å². The molecule has 0 aromatic heterocycles. The average Bonchev–Trinajstić information content (AvgIpc) is 2.53. The topological polar surface area (TPSA) is 52.3 Å². The van der Waals surface area contributed by atoms with Gasteiger partial charge in [0, 0.05) is 10.7 Å². The molecule has 0 heterocycles. The molecule has 29 heavy (non-hydrogen) atoms. The number of carbonyl (C=O) groups excluding carboxylic acids is 1. The van der Waals surface area contributed by atoms with E-state index < -0.39 is 40.7 Å². The fraction of sp³-hybridized carbons (Fsp3) is 0.381. The van der Waals surface area contributed by atoms with Crippen molar-refractivity contribution in [2.24, 2.45) is 5.73 Å². The van der Waals surface area contributed by atoms with Gasteiger partial charge in [-0.15, -0.1) is 0 Å². The van der Waals surface area contributed by atoms with Crippen LogP contribution in [0.1, 0.15) is 41.2 Å². The molecule has 0 spiro atoms. The van der Waals surface area contributed by atoms with Crippen LogP contribution in [0.4, 0.5) is 17.6 Å². The standard InChI is InChI=1S/C21H22F4NO2Si/c1-5-28-17(27)10-20(26,29)15-8-14(9-16(19(15)22)21(23,24)25)18-12(3)6-11(2)7-13(18)4/h6-9H,5,10,26H2,1-4H3/t20-/m0/s1. The number of carbonyl (C=O) groups is 1. The van der Waals surface area contributed by atoms with Crippen LogP contribution in [0.2, 0.25) is 0 Å². The van der Waals surface area contributed by atoms with E-state index in [-0.39, 0.29) is 12.2 Å². The maximum atomic E-state index is 14.9. The molecule has 0 aliphatic carbocycles. The summed E-state index contributed by atoms with van der Waals surface area (Å²) >= 11 is 0. The van der Waals surface area contributed by atoms with Crippen molar-refractivity contribution in [1.82, 2.24) is 0 Å². The fourth-order valence-corrected chi connectivity index (χ4v) is 3.80. The molecule has 0 bridgehead atoms. The number of halogens is 4. The molecule has 155 valence electrons. The molecule has 2 aromatic rings. The Bertz CT molecular complexity index is 916. The first-order chi connectivity index (χ1) is 13.3. The molecular formula is C21H22F4NO2Si. The molecule has 2 rings (SSSR count). The number of benzene rings is 2. The summed E-state index contributed by atoms with van der Waals surface area (Å²) in [6.07, 6.45) is -5.48. The van der Waals surface area contributed by atoms with Gasteiger partial charge in [-0.25, -0.2) is 4.39 Å². The van der Waals surface area contributed by atoms with Gasteiger partial charge in [0.25, 0.3) is 0 Å². The highest BCUT2D eigenvalue weighted by molar-refractivity contribution is 6.17. The first kappa shape index (κ1) is 23.1. The van der Waals surface area contributed by atoms with Gasteiger partial charge in [0.05, 0.1) is 28.8 Å². The number of alkyl halides is 3. The van der Waals surface area contributed by atoms with E-state index in [0.717, 1.165) is 22.8 Å². The smallest absolute Gasteiger partial charge is 0.419 e. The van der Waals surface area contributed by atoms with Gasteiger partial charge in [0.15, 0.2) is 0 Å². The van der Waals surface area contributed by atoms with E-state index in [2.05, 4.69) is 10.2 Å². The van der Waals surface area contributed by atoms with Crippen LogP contribution < -0.4 is 5.73 Å². The van der Waals surface area contributed by atoms with E-state index >= 15 is 0 Å². The predicted octanol–water partition coefficient (Wildman–Crippen LogP) is 4.67. The lowest BCUT2D eigenvalue weighted by molar-refractivity contribution is -0.143. The highest BCUT2D eigenvalue weighted by Gasteiger charge is 2.39. The van der Waals surface area contributed by atoms with E-state index in [9.17, 15) is 22.4 Å². The summed E-state index contributed by atoms with van der Waals surface area (Å²) in [4.78, 5) is 11.8. The maximum absolute atomic E-state index is 14.9. The summed E-state index contributed by atoms with van der Waals surface area (Å²) in [5.41, 5.74) is 7.30. The number of ether oxygens (including phenoxy) is 1. The Morgan fingerprint density at radius 2 is 1.59 bits per heavy atom. The molecule has 0 unspecified atom stereocenters. The number of rotatable bonds is 5. The molecule has 8 heteroatoms. The third kappa shape index (κ3) is 5.05. The van der Waals surface area contributed by atoms with Gasteiger partial charge in [0.1, 0.15) is 5.82 Å². The lowest BCUT2D eigenvalue weighted by atomic mass is 9.89. The number of hydrogen-bond donors (Lipinski definition) is 1. The van der Waals surface area contributed by atoms with Crippen LogP contribution in [0.15, 0.2) is 24.3 Å². The Balaban J connectivity index is 2.76. The van der Waals surface area contributed by atoms with Gasteiger partial charge in [-0.05, 0) is 62.1 Å².